The zero-order chi connectivity index (χ0) is 14.9. The van der Waals surface area contributed by atoms with E-state index in [0.29, 0.717) is 18.9 Å². The molecule has 0 aromatic carbocycles. The van der Waals surface area contributed by atoms with Gasteiger partial charge in [0.1, 0.15) is 5.60 Å². The summed E-state index contributed by atoms with van der Waals surface area (Å²) >= 11 is 0. The van der Waals surface area contributed by atoms with Gasteiger partial charge in [0, 0.05) is 26.0 Å². The Morgan fingerprint density at radius 1 is 1.29 bits per heavy atom. The van der Waals surface area contributed by atoms with Gasteiger partial charge < -0.3 is 14.4 Å². The number of hydrogen-bond donors (Lipinski definition) is 0. The van der Waals surface area contributed by atoms with Crippen LogP contribution in [-0.2, 0) is 14.3 Å². The fraction of sp³-hybridized carbons (Fsp3) is 0.941. The Balaban J connectivity index is 1.57. The van der Waals surface area contributed by atoms with Crippen LogP contribution >= 0.6 is 0 Å². The molecule has 0 N–H and O–H groups in total. The molecule has 3 atom stereocenters. The molecule has 2 aliphatic heterocycles. The second kappa shape index (κ2) is 6.25. The number of ether oxygens (including phenoxy) is 2. The van der Waals surface area contributed by atoms with Crippen molar-refractivity contribution in [3.05, 3.63) is 0 Å². The number of morpholine rings is 1. The van der Waals surface area contributed by atoms with E-state index >= 15 is 0 Å². The molecular weight excluding hydrogens is 266 g/mol. The second-order valence-corrected chi connectivity index (χ2v) is 7.22. The SMILES string of the molecule is C[C@@H]1CN(C(=O)CCC2CCCC2)C[C@@]2(CCO[C@H]2C)O1. The predicted octanol–water partition coefficient (Wildman–Crippen LogP) is 2.75. The summed E-state index contributed by atoms with van der Waals surface area (Å²) in [6.45, 7) is 6.34. The first-order chi connectivity index (χ1) is 10.1. The van der Waals surface area contributed by atoms with Gasteiger partial charge in [-0.2, -0.15) is 0 Å². The number of nitrogens with zero attached hydrogens (tertiary/aromatic N) is 1. The average molecular weight is 295 g/mol. The van der Waals surface area contributed by atoms with E-state index in [-0.39, 0.29) is 17.8 Å². The molecule has 3 fully saturated rings. The molecule has 1 aliphatic carbocycles. The van der Waals surface area contributed by atoms with E-state index in [1.54, 1.807) is 0 Å². The first kappa shape index (κ1) is 15.3. The van der Waals surface area contributed by atoms with Crippen LogP contribution in [0.3, 0.4) is 0 Å². The van der Waals surface area contributed by atoms with Crippen LogP contribution in [0.2, 0.25) is 0 Å². The van der Waals surface area contributed by atoms with Crippen LogP contribution in [0.5, 0.6) is 0 Å². The topological polar surface area (TPSA) is 38.8 Å². The minimum Gasteiger partial charge on any atom is -0.375 e. The van der Waals surface area contributed by atoms with Crippen molar-refractivity contribution in [1.82, 2.24) is 4.90 Å². The summed E-state index contributed by atoms with van der Waals surface area (Å²) in [7, 11) is 0. The maximum atomic E-state index is 12.6. The highest BCUT2D eigenvalue weighted by Gasteiger charge is 2.48. The molecule has 1 saturated carbocycles. The zero-order valence-corrected chi connectivity index (χ0v) is 13.5. The molecule has 1 spiro atoms. The zero-order valence-electron chi connectivity index (χ0n) is 13.5. The Kier molecular flexibility index (Phi) is 4.55. The Morgan fingerprint density at radius 2 is 2.05 bits per heavy atom. The second-order valence-electron chi connectivity index (χ2n) is 7.22. The summed E-state index contributed by atoms with van der Waals surface area (Å²) in [4.78, 5) is 14.6. The van der Waals surface area contributed by atoms with Crippen molar-refractivity contribution in [2.75, 3.05) is 19.7 Å². The molecule has 0 unspecified atom stereocenters. The molecule has 1 amide bonds. The summed E-state index contributed by atoms with van der Waals surface area (Å²) in [5.74, 6) is 1.10. The fourth-order valence-electron chi connectivity index (χ4n) is 4.27. The highest BCUT2D eigenvalue weighted by molar-refractivity contribution is 5.76. The van der Waals surface area contributed by atoms with Crippen molar-refractivity contribution in [1.29, 1.82) is 0 Å². The van der Waals surface area contributed by atoms with Gasteiger partial charge in [-0.15, -0.1) is 0 Å². The maximum absolute atomic E-state index is 12.6. The third kappa shape index (κ3) is 3.26. The van der Waals surface area contributed by atoms with Gasteiger partial charge in [-0.05, 0) is 26.2 Å². The molecular formula is C17H29NO3. The van der Waals surface area contributed by atoms with Crippen molar-refractivity contribution in [3.63, 3.8) is 0 Å². The predicted molar refractivity (Wildman–Crippen MR) is 81.1 cm³/mol. The molecule has 0 aromatic heterocycles. The van der Waals surface area contributed by atoms with Crippen LogP contribution < -0.4 is 0 Å². The van der Waals surface area contributed by atoms with Crippen LogP contribution in [0.15, 0.2) is 0 Å². The number of rotatable bonds is 3. The van der Waals surface area contributed by atoms with E-state index in [2.05, 4.69) is 13.8 Å². The van der Waals surface area contributed by atoms with Gasteiger partial charge in [0.15, 0.2) is 0 Å². The van der Waals surface area contributed by atoms with Crippen molar-refractivity contribution in [2.45, 2.75) is 76.6 Å². The van der Waals surface area contributed by atoms with E-state index in [4.69, 9.17) is 9.47 Å². The Bertz CT molecular complexity index is 380. The van der Waals surface area contributed by atoms with Gasteiger partial charge in [0.05, 0.1) is 18.8 Å². The van der Waals surface area contributed by atoms with Crippen LogP contribution in [0.25, 0.3) is 0 Å². The van der Waals surface area contributed by atoms with E-state index in [1.807, 2.05) is 4.90 Å². The Morgan fingerprint density at radius 3 is 2.71 bits per heavy atom. The molecule has 0 aromatic rings. The van der Waals surface area contributed by atoms with Gasteiger partial charge in [-0.25, -0.2) is 0 Å². The summed E-state index contributed by atoms with van der Waals surface area (Å²) in [5, 5.41) is 0. The van der Waals surface area contributed by atoms with Crippen LogP contribution in [0.4, 0.5) is 0 Å². The largest absolute Gasteiger partial charge is 0.375 e. The lowest BCUT2D eigenvalue weighted by Crippen LogP contribution is -2.59. The lowest BCUT2D eigenvalue weighted by Gasteiger charge is -2.45. The van der Waals surface area contributed by atoms with Crippen molar-refractivity contribution >= 4 is 5.91 Å². The standard InChI is InChI=1S/C17H29NO3/c1-13-11-18(12-17(21-13)9-10-20-14(17)2)16(19)8-7-15-5-3-4-6-15/h13-15H,3-12H2,1-2H3/t13-,14+,17-/m1/s1. The third-order valence-corrected chi connectivity index (χ3v) is 5.60. The van der Waals surface area contributed by atoms with Crippen molar-refractivity contribution in [2.24, 2.45) is 5.92 Å². The van der Waals surface area contributed by atoms with E-state index in [9.17, 15) is 4.79 Å². The van der Waals surface area contributed by atoms with E-state index in [0.717, 1.165) is 31.9 Å². The normalized spacial score (nSPS) is 37.5. The third-order valence-electron chi connectivity index (χ3n) is 5.60. The molecule has 120 valence electrons. The average Bonchev–Trinajstić information content (AvgIpc) is 3.07. The smallest absolute Gasteiger partial charge is 0.222 e. The van der Waals surface area contributed by atoms with Gasteiger partial charge in [-0.1, -0.05) is 25.7 Å². The lowest BCUT2D eigenvalue weighted by atomic mass is 9.92. The lowest BCUT2D eigenvalue weighted by molar-refractivity contribution is -0.179. The molecule has 2 saturated heterocycles. The summed E-state index contributed by atoms with van der Waals surface area (Å²) in [5.41, 5.74) is -0.263. The molecule has 0 radical (unpaired) electrons. The molecule has 2 heterocycles. The minimum absolute atomic E-state index is 0.0883. The molecule has 21 heavy (non-hydrogen) atoms. The Hall–Kier alpha value is -0.610. The molecule has 3 aliphatic rings. The number of hydrogen-bond acceptors (Lipinski definition) is 3. The van der Waals surface area contributed by atoms with Crippen molar-refractivity contribution < 1.29 is 14.3 Å². The minimum atomic E-state index is -0.263. The molecule has 0 bridgehead atoms. The Labute approximate surface area is 128 Å². The first-order valence-corrected chi connectivity index (χ1v) is 8.66. The van der Waals surface area contributed by atoms with Gasteiger partial charge in [0.25, 0.3) is 0 Å². The van der Waals surface area contributed by atoms with Crippen LogP contribution in [0.1, 0.15) is 58.8 Å². The fourth-order valence-corrected chi connectivity index (χ4v) is 4.27. The van der Waals surface area contributed by atoms with E-state index < -0.39 is 0 Å². The number of amides is 1. The summed E-state index contributed by atoms with van der Waals surface area (Å²) in [6, 6.07) is 0. The van der Waals surface area contributed by atoms with Gasteiger partial charge in [0.2, 0.25) is 5.91 Å². The molecule has 4 heteroatoms. The van der Waals surface area contributed by atoms with Crippen molar-refractivity contribution in [3.8, 4) is 0 Å². The highest BCUT2D eigenvalue weighted by atomic mass is 16.6. The number of carbonyl (C=O) groups excluding carboxylic acids is 1. The maximum Gasteiger partial charge on any atom is 0.222 e. The molecule has 4 nitrogen and oxygen atoms in total. The van der Waals surface area contributed by atoms with Gasteiger partial charge >= 0.3 is 0 Å². The monoisotopic (exact) mass is 295 g/mol. The van der Waals surface area contributed by atoms with E-state index in [1.165, 1.54) is 25.7 Å². The van der Waals surface area contributed by atoms with Gasteiger partial charge in [-0.3, -0.25) is 4.79 Å². The van der Waals surface area contributed by atoms with Crippen LogP contribution in [0, 0.1) is 5.92 Å². The summed E-state index contributed by atoms with van der Waals surface area (Å²) < 4.78 is 11.9. The highest BCUT2D eigenvalue weighted by Crippen LogP contribution is 2.35. The summed E-state index contributed by atoms with van der Waals surface area (Å²) in [6.07, 6.45) is 8.24. The first-order valence-electron chi connectivity index (χ1n) is 8.66. The number of carbonyl (C=O) groups is 1. The molecule has 3 rings (SSSR count). The van der Waals surface area contributed by atoms with Crippen LogP contribution in [-0.4, -0.2) is 48.3 Å². The quantitative estimate of drug-likeness (QED) is 0.803.